The maximum absolute atomic E-state index is 11.5. The number of amides is 3. The lowest BCUT2D eigenvalue weighted by molar-refractivity contribution is -0.122. The molecule has 0 atom stereocenters. The fraction of sp³-hybridized carbons (Fsp3) is 0.308. The third kappa shape index (κ3) is 4.34. The highest BCUT2D eigenvalue weighted by Crippen LogP contribution is 2.21. The summed E-state index contributed by atoms with van der Waals surface area (Å²) in [5, 5.41) is 4.78. The molecule has 1 saturated carbocycles. The van der Waals surface area contributed by atoms with Gasteiger partial charge in [-0.2, -0.15) is 0 Å². The van der Waals surface area contributed by atoms with Gasteiger partial charge in [0.1, 0.15) is 5.75 Å². The highest BCUT2D eigenvalue weighted by molar-refractivity contribution is 9.10. The van der Waals surface area contributed by atoms with Crippen LogP contribution in [0.4, 0.5) is 4.79 Å². The number of aldehydes is 1. The molecule has 1 aromatic rings. The van der Waals surface area contributed by atoms with Crippen LogP contribution in [-0.4, -0.2) is 30.9 Å². The summed E-state index contributed by atoms with van der Waals surface area (Å²) < 4.78 is 5.96. The SMILES string of the molecule is O=Cc1cc(Br)ccc1OCC(=O)NC(=O)NC1CC1. The van der Waals surface area contributed by atoms with Crippen LogP contribution in [0.5, 0.6) is 5.75 Å². The Kier molecular flexibility index (Phi) is 4.73. The zero-order valence-corrected chi connectivity index (χ0v) is 12.1. The minimum Gasteiger partial charge on any atom is -0.483 e. The molecule has 0 unspecified atom stereocenters. The van der Waals surface area contributed by atoms with Crippen LogP contribution in [0.3, 0.4) is 0 Å². The lowest BCUT2D eigenvalue weighted by Crippen LogP contribution is -2.42. The third-order valence-electron chi connectivity index (χ3n) is 2.62. The molecule has 0 heterocycles. The Bertz CT molecular complexity index is 543. The summed E-state index contributed by atoms with van der Waals surface area (Å²) in [7, 11) is 0. The Morgan fingerprint density at radius 2 is 2.15 bits per heavy atom. The average molecular weight is 341 g/mol. The Balaban J connectivity index is 1.83. The number of urea groups is 1. The Morgan fingerprint density at radius 1 is 1.40 bits per heavy atom. The van der Waals surface area contributed by atoms with Gasteiger partial charge in [-0.25, -0.2) is 4.79 Å². The second-order valence-corrected chi connectivity index (χ2v) is 5.30. The fourth-order valence-electron chi connectivity index (χ4n) is 1.50. The molecule has 7 heteroatoms. The number of ether oxygens (including phenoxy) is 1. The molecule has 0 spiro atoms. The molecule has 3 amide bonds. The molecule has 6 nitrogen and oxygen atoms in total. The smallest absolute Gasteiger partial charge is 0.321 e. The number of nitrogens with one attached hydrogen (secondary N) is 2. The van der Waals surface area contributed by atoms with E-state index in [0.29, 0.717) is 17.6 Å². The second-order valence-electron chi connectivity index (χ2n) is 4.38. The molecule has 20 heavy (non-hydrogen) atoms. The van der Waals surface area contributed by atoms with E-state index < -0.39 is 11.9 Å². The van der Waals surface area contributed by atoms with Crippen molar-refractivity contribution in [2.24, 2.45) is 0 Å². The molecule has 0 bridgehead atoms. The van der Waals surface area contributed by atoms with Crippen LogP contribution in [0.15, 0.2) is 22.7 Å². The van der Waals surface area contributed by atoms with Gasteiger partial charge in [0.15, 0.2) is 12.9 Å². The first kappa shape index (κ1) is 14.5. The number of benzene rings is 1. The van der Waals surface area contributed by atoms with E-state index >= 15 is 0 Å². The molecule has 0 aliphatic heterocycles. The summed E-state index contributed by atoms with van der Waals surface area (Å²) in [6, 6.07) is 4.51. The first-order chi connectivity index (χ1) is 9.58. The van der Waals surface area contributed by atoms with Crippen LogP contribution >= 0.6 is 15.9 Å². The zero-order chi connectivity index (χ0) is 14.5. The van der Waals surface area contributed by atoms with Crippen LogP contribution in [0, 0.1) is 0 Å². The molecular formula is C13H13BrN2O4. The molecule has 1 aliphatic rings. The van der Waals surface area contributed by atoms with E-state index in [4.69, 9.17) is 4.74 Å². The van der Waals surface area contributed by atoms with E-state index in [9.17, 15) is 14.4 Å². The Morgan fingerprint density at radius 3 is 2.80 bits per heavy atom. The number of imide groups is 1. The van der Waals surface area contributed by atoms with Crippen molar-refractivity contribution in [1.82, 2.24) is 10.6 Å². The predicted octanol–water partition coefficient (Wildman–Crippen LogP) is 1.63. The summed E-state index contributed by atoms with van der Waals surface area (Å²) in [5.74, 6) is -0.274. The quantitative estimate of drug-likeness (QED) is 0.798. The number of halogens is 1. The highest BCUT2D eigenvalue weighted by Gasteiger charge is 2.23. The standard InChI is InChI=1S/C13H13BrN2O4/c14-9-1-4-11(8(5-9)6-17)20-7-12(18)16-13(19)15-10-2-3-10/h1,4-6,10H,2-3,7H2,(H2,15,16,18,19). The predicted molar refractivity (Wildman–Crippen MR) is 74.7 cm³/mol. The molecular weight excluding hydrogens is 328 g/mol. The fourth-order valence-corrected chi connectivity index (χ4v) is 1.88. The first-order valence-electron chi connectivity index (χ1n) is 6.06. The zero-order valence-electron chi connectivity index (χ0n) is 10.5. The molecule has 0 radical (unpaired) electrons. The summed E-state index contributed by atoms with van der Waals surface area (Å²) >= 11 is 3.23. The largest absolute Gasteiger partial charge is 0.483 e. The molecule has 0 aromatic heterocycles. The van der Waals surface area contributed by atoms with Crippen molar-refractivity contribution in [3.63, 3.8) is 0 Å². The topological polar surface area (TPSA) is 84.5 Å². The molecule has 2 rings (SSSR count). The van der Waals surface area contributed by atoms with E-state index in [-0.39, 0.29) is 12.6 Å². The van der Waals surface area contributed by atoms with Crippen molar-refractivity contribution in [2.45, 2.75) is 18.9 Å². The Labute approximate surface area is 124 Å². The lowest BCUT2D eigenvalue weighted by atomic mass is 10.2. The minimum absolute atomic E-state index is 0.178. The van der Waals surface area contributed by atoms with E-state index in [1.165, 1.54) is 0 Å². The number of rotatable bonds is 5. The van der Waals surface area contributed by atoms with Crippen molar-refractivity contribution < 1.29 is 19.1 Å². The maximum atomic E-state index is 11.5. The monoisotopic (exact) mass is 340 g/mol. The van der Waals surface area contributed by atoms with E-state index in [2.05, 4.69) is 26.6 Å². The summed E-state index contributed by atoms with van der Waals surface area (Å²) in [6.45, 7) is -0.333. The summed E-state index contributed by atoms with van der Waals surface area (Å²) in [5.41, 5.74) is 0.328. The highest BCUT2D eigenvalue weighted by atomic mass is 79.9. The molecule has 1 aromatic carbocycles. The van der Waals surface area contributed by atoms with E-state index in [0.717, 1.165) is 17.3 Å². The molecule has 106 valence electrons. The van der Waals surface area contributed by atoms with Crippen molar-refractivity contribution >= 4 is 34.2 Å². The summed E-state index contributed by atoms with van der Waals surface area (Å²) in [6.07, 6.45) is 2.52. The van der Waals surface area contributed by atoms with E-state index in [1.807, 2.05) is 0 Å². The van der Waals surface area contributed by atoms with Gasteiger partial charge in [-0.05, 0) is 31.0 Å². The lowest BCUT2D eigenvalue weighted by Gasteiger charge is -2.09. The number of hydrogen-bond acceptors (Lipinski definition) is 4. The number of carbonyl (C=O) groups excluding carboxylic acids is 3. The van der Waals surface area contributed by atoms with Gasteiger partial charge in [-0.15, -0.1) is 0 Å². The van der Waals surface area contributed by atoms with Gasteiger partial charge in [0, 0.05) is 10.5 Å². The van der Waals surface area contributed by atoms with Gasteiger partial charge in [0.05, 0.1) is 5.56 Å². The summed E-state index contributed by atoms with van der Waals surface area (Å²) in [4.78, 5) is 33.7. The van der Waals surface area contributed by atoms with E-state index in [1.54, 1.807) is 18.2 Å². The molecule has 1 aliphatic carbocycles. The molecule has 0 saturated heterocycles. The van der Waals surface area contributed by atoms with Gasteiger partial charge < -0.3 is 10.1 Å². The van der Waals surface area contributed by atoms with Crippen LogP contribution in [0.2, 0.25) is 0 Å². The molecule has 1 fully saturated rings. The second kappa shape index (κ2) is 6.51. The van der Waals surface area contributed by atoms with Crippen molar-refractivity contribution in [3.8, 4) is 5.75 Å². The molecule has 2 N–H and O–H groups in total. The van der Waals surface area contributed by atoms with Crippen molar-refractivity contribution in [2.75, 3.05) is 6.61 Å². The van der Waals surface area contributed by atoms with Gasteiger partial charge in [0.25, 0.3) is 5.91 Å². The van der Waals surface area contributed by atoms with Crippen LogP contribution < -0.4 is 15.4 Å². The minimum atomic E-state index is -0.567. The van der Waals surface area contributed by atoms with Crippen LogP contribution in [0.25, 0.3) is 0 Å². The third-order valence-corrected chi connectivity index (χ3v) is 3.12. The van der Waals surface area contributed by atoms with Gasteiger partial charge in [0.2, 0.25) is 0 Å². The average Bonchev–Trinajstić information content (AvgIpc) is 3.20. The number of carbonyl (C=O) groups is 3. The van der Waals surface area contributed by atoms with Crippen molar-refractivity contribution in [3.05, 3.63) is 28.2 Å². The van der Waals surface area contributed by atoms with Gasteiger partial charge in [-0.3, -0.25) is 14.9 Å². The normalized spacial score (nSPS) is 13.4. The Hall–Kier alpha value is -1.89. The van der Waals surface area contributed by atoms with Gasteiger partial charge >= 0.3 is 6.03 Å². The van der Waals surface area contributed by atoms with Crippen LogP contribution in [-0.2, 0) is 4.79 Å². The van der Waals surface area contributed by atoms with Gasteiger partial charge in [-0.1, -0.05) is 15.9 Å². The van der Waals surface area contributed by atoms with Crippen LogP contribution in [0.1, 0.15) is 23.2 Å². The first-order valence-corrected chi connectivity index (χ1v) is 6.85. The maximum Gasteiger partial charge on any atom is 0.321 e. The van der Waals surface area contributed by atoms with Crippen molar-refractivity contribution in [1.29, 1.82) is 0 Å². The number of hydrogen-bond donors (Lipinski definition) is 2.